The molecule has 2 N–H and O–H groups in total. The van der Waals surface area contributed by atoms with E-state index >= 15 is 0 Å². The third-order valence-corrected chi connectivity index (χ3v) is 3.50. The molecule has 0 spiro atoms. The van der Waals surface area contributed by atoms with Crippen LogP contribution in [0.4, 0.5) is 17.6 Å². The molecule has 0 radical (unpaired) electrons. The molecule has 6 nitrogen and oxygen atoms in total. The zero-order valence-corrected chi connectivity index (χ0v) is 13.7. The third-order valence-electron chi connectivity index (χ3n) is 3.21. The van der Waals surface area contributed by atoms with Crippen LogP contribution in [-0.4, -0.2) is 15.3 Å². The van der Waals surface area contributed by atoms with Gasteiger partial charge >= 0.3 is 11.9 Å². The second kappa shape index (κ2) is 6.76. The van der Waals surface area contributed by atoms with Gasteiger partial charge in [0.2, 0.25) is 0 Å². The molecule has 0 fully saturated rings. The Kier molecular flexibility index (Phi) is 5.04. The molecule has 2 aromatic rings. The van der Waals surface area contributed by atoms with Gasteiger partial charge in [0.1, 0.15) is 11.6 Å². The largest absolute Gasteiger partial charge is 0.476 e. The van der Waals surface area contributed by atoms with Crippen molar-refractivity contribution in [2.24, 2.45) is 0 Å². The molecule has 0 saturated carbocycles. The van der Waals surface area contributed by atoms with Crippen LogP contribution in [-0.2, 0) is 6.18 Å². The van der Waals surface area contributed by atoms with Crippen molar-refractivity contribution in [3.8, 4) is 23.8 Å². The van der Waals surface area contributed by atoms with Crippen molar-refractivity contribution in [3.05, 3.63) is 55.6 Å². The number of alkyl halides is 3. The summed E-state index contributed by atoms with van der Waals surface area (Å²) in [6, 6.07) is 1.65. The number of halogens is 5. The molecule has 0 aliphatic rings. The first-order valence-electron chi connectivity index (χ1n) is 6.81. The quantitative estimate of drug-likeness (QED) is 0.492. The SMILES string of the molecule is C#CC(C)Oc1cc(-n2c(=O)cc(C(F)(F)F)n(N)c2=O)c(F)cc1Cl. The fraction of sp³-hybridized carbons (Fsp3) is 0.200. The molecule has 0 aliphatic carbocycles. The lowest BCUT2D eigenvalue weighted by atomic mass is 10.2. The van der Waals surface area contributed by atoms with E-state index in [2.05, 4.69) is 5.92 Å². The van der Waals surface area contributed by atoms with Crippen LogP contribution in [0.25, 0.3) is 5.69 Å². The number of hydrogen-bond acceptors (Lipinski definition) is 4. The van der Waals surface area contributed by atoms with Crippen molar-refractivity contribution in [2.75, 3.05) is 5.84 Å². The molecule has 11 heteroatoms. The molecular weight excluding hydrogens is 382 g/mol. The highest BCUT2D eigenvalue weighted by Gasteiger charge is 2.36. The summed E-state index contributed by atoms with van der Waals surface area (Å²) < 4.78 is 57.7. The minimum atomic E-state index is -5.05. The molecule has 26 heavy (non-hydrogen) atoms. The average Bonchev–Trinajstić information content (AvgIpc) is 2.53. The summed E-state index contributed by atoms with van der Waals surface area (Å²) in [6.45, 7) is 1.47. The first kappa shape index (κ1) is 19.4. The number of ether oxygens (including phenoxy) is 1. The smallest absolute Gasteiger partial charge is 0.433 e. The number of nitrogens with zero attached hydrogens (tertiary/aromatic N) is 2. The van der Waals surface area contributed by atoms with Gasteiger partial charge in [0.05, 0.1) is 10.7 Å². The monoisotopic (exact) mass is 391 g/mol. The van der Waals surface area contributed by atoms with Crippen LogP contribution >= 0.6 is 11.6 Å². The van der Waals surface area contributed by atoms with Gasteiger partial charge in [-0.15, -0.1) is 6.42 Å². The van der Waals surface area contributed by atoms with Crippen LogP contribution < -0.4 is 21.8 Å². The zero-order valence-electron chi connectivity index (χ0n) is 13.0. The van der Waals surface area contributed by atoms with Gasteiger partial charge in [-0.2, -0.15) is 13.2 Å². The highest BCUT2D eigenvalue weighted by molar-refractivity contribution is 6.32. The van der Waals surface area contributed by atoms with Gasteiger partial charge in [-0.1, -0.05) is 17.5 Å². The maximum absolute atomic E-state index is 14.2. The van der Waals surface area contributed by atoms with Crippen LogP contribution in [0.15, 0.2) is 27.8 Å². The van der Waals surface area contributed by atoms with Gasteiger partial charge in [0.25, 0.3) is 5.56 Å². The van der Waals surface area contributed by atoms with Crippen LogP contribution in [0.3, 0.4) is 0 Å². The van der Waals surface area contributed by atoms with Crippen molar-refractivity contribution >= 4 is 11.6 Å². The molecule has 0 aliphatic heterocycles. The van der Waals surface area contributed by atoms with Gasteiger partial charge in [0, 0.05) is 12.1 Å². The van der Waals surface area contributed by atoms with Gasteiger partial charge in [-0.25, -0.2) is 18.4 Å². The summed E-state index contributed by atoms with van der Waals surface area (Å²) >= 11 is 5.81. The average molecular weight is 392 g/mol. The summed E-state index contributed by atoms with van der Waals surface area (Å²) in [4.78, 5) is 24.1. The Bertz CT molecular complexity index is 1020. The summed E-state index contributed by atoms with van der Waals surface area (Å²) in [7, 11) is 0. The van der Waals surface area contributed by atoms with Crippen LogP contribution in [0.1, 0.15) is 12.6 Å². The van der Waals surface area contributed by atoms with Gasteiger partial charge in [-0.05, 0) is 13.0 Å². The Labute approximate surface area is 148 Å². The maximum Gasteiger partial charge on any atom is 0.433 e. The maximum atomic E-state index is 14.2. The number of nitrogens with two attached hydrogens (primary N) is 1. The molecular formula is C15H10ClF4N3O3. The highest BCUT2D eigenvalue weighted by atomic mass is 35.5. The summed E-state index contributed by atoms with van der Waals surface area (Å²) in [5.41, 5.74) is -5.43. The minimum absolute atomic E-state index is 0.0695. The minimum Gasteiger partial charge on any atom is -0.476 e. The normalized spacial score (nSPS) is 12.5. The van der Waals surface area contributed by atoms with Crippen molar-refractivity contribution in [3.63, 3.8) is 0 Å². The lowest BCUT2D eigenvalue weighted by Crippen LogP contribution is -2.45. The second-order valence-corrected chi connectivity index (χ2v) is 5.42. The van der Waals surface area contributed by atoms with E-state index in [1.165, 1.54) is 6.92 Å². The summed E-state index contributed by atoms with van der Waals surface area (Å²) in [6.07, 6.45) is -0.694. The van der Waals surface area contributed by atoms with Crippen LogP contribution in [0.5, 0.6) is 5.75 Å². The van der Waals surface area contributed by atoms with Crippen molar-refractivity contribution in [2.45, 2.75) is 19.2 Å². The zero-order chi connectivity index (χ0) is 19.8. The lowest BCUT2D eigenvalue weighted by Gasteiger charge is -2.16. The summed E-state index contributed by atoms with van der Waals surface area (Å²) in [5.74, 6) is 6.00. The standard InChI is InChI=1S/C15H10ClF4N3O3/c1-3-7(2)26-11-5-10(9(17)4-8(11)16)22-13(24)6-12(15(18,19)20)23(21)14(22)25/h1,4-7H,21H2,2H3. The second-order valence-electron chi connectivity index (χ2n) is 5.01. The third kappa shape index (κ3) is 3.52. The first-order valence-corrected chi connectivity index (χ1v) is 7.18. The predicted octanol–water partition coefficient (Wildman–Crippen LogP) is 1.92. The van der Waals surface area contributed by atoms with E-state index in [1.807, 2.05) is 0 Å². The molecule has 0 saturated heterocycles. The van der Waals surface area contributed by atoms with E-state index < -0.39 is 40.7 Å². The van der Waals surface area contributed by atoms with Crippen LogP contribution in [0.2, 0.25) is 5.02 Å². The molecule has 2 rings (SSSR count). The van der Waals surface area contributed by atoms with Crippen molar-refractivity contribution < 1.29 is 22.3 Å². The lowest BCUT2D eigenvalue weighted by molar-refractivity contribution is -0.143. The Morgan fingerprint density at radius 2 is 1.92 bits per heavy atom. The van der Waals surface area contributed by atoms with E-state index in [0.717, 1.165) is 12.1 Å². The molecule has 1 atom stereocenters. The topological polar surface area (TPSA) is 79.2 Å². The fourth-order valence-corrected chi connectivity index (χ4v) is 2.20. The number of terminal acetylenes is 1. The van der Waals surface area contributed by atoms with Gasteiger partial charge in [-0.3, -0.25) is 4.79 Å². The Morgan fingerprint density at radius 3 is 2.46 bits per heavy atom. The molecule has 138 valence electrons. The van der Waals surface area contributed by atoms with E-state index in [9.17, 15) is 27.2 Å². The molecule has 0 amide bonds. The van der Waals surface area contributed by atoms with Gasteiger partial charge in [0.15, 0.2) is 11.8 Å². The van der Waals surface area contributed by atoms with E-state index in [1.54, 1.807) is 0 Å². The Balaban J connectivity index is 2.76. The van der Waals surface area contributed by atoms with Crippen molar-refractivity contribution in [1.82, 2.24) is 9.24 Å². The Morgan fingerprint density at radius 1 is 1.31 bits per heavy atom. The van der Waals surface area contributed by atoms with Gasteiger partial charge < -0.3 is 10.6 Å². The van der Waals surface area contributed by atoms with Crippen molar-refractivity contribution in [1.29, 1.82) is 0 Å². The van der Waals surface area contributed by atoms with E-state index in [-0.39, 0.29) is 26.1 Å². The molecule has 1 unspecified atom stereocenters. The Hall–Kier alpha value is -2.93. The molecule has 1 aromatic carbocycles. The number of nitrogen functional groups attached to an aromatic ring is 1. The van der Waals surface area contributed by atoms with Crippen LogP contribution in [0, 0.1) is 18.2 Å². The molecule has 1 heterocycles. The first-order chi connectivity index (χ1) is 12.0. The predicted molar refractivity (Wildman–Crippen MR) is 85.3 cm³/mol. The molecule has 0 bridgehead atoms. The summed E-state index contributed by atoms with van der Waals surface area (Å²) in [5, 5.41) is -0.221. The number of aromatic nitrogens is 2. The van der Waals surface area contributed by atoms with E-state index in [4.69, 9.17) is 28.6 Å². The number of rotatable bonds is 3. The highest BCUT2D eigenvalue weighted by Crippen LogP contribution is 2.30. The van der Waals surface area contributed by atoms with E-state index in [0.29, 0.717) is 0 Å². The number of benzene rings is 1. The molecule has 1 aromatic heterocycles. The fourth-order valence-electron chi connectivity index (χ4n) is 2.00. The number of hydrogen-bond donors (Lipinski definition) is 1.